The highest BCUT2D eigenvalue weighted by atomic mass is 16.5. The minimum Gasteiger partial charge on any atom is -0.494 e. The smallest absolute Gasteiger partial charge is 0.119 e. The van der Waals surface area contributed by atoms with Gasteiger partial charge < -0.3 is 9.64 Å². The zero-order chi connectivity index (χ0) is 17.4. The molecule has 1 aliphatic rings. The first-order chi connectivity index (χ1) is 11.5. The largest absolute Gasteiger partial charge is 0.494 e. The fourth-order valence-corrected chi connectivity index (χ4v) is 3.50. The lowest BCUT2D eigenvalue weighted by molar-refractivity contribution is 0.156. The molecular weight excluding hydrogens is 294 g/mol. The highest BCUT2D eigenvalue weighted by Gasteiger charge is 2.19. The molecule has 0 spiro atoms. The summed E-state index contributed by atoms with van der Waals surface area (Å²) in [5.74, 6) is 1.87. The first-order valence-corrected chi connectivity index (χ1v) is 9.90. The molecule has 0 aliphatic carbocycles. The maximum Gasteiger partial charge on any atom is 0.119 e. The molecule has 1 aliphatic heterocycles. The van der Waals surface area contributed by atoms with Gasteiger partial charge in [-0.15, -0.1) is 0 Å². The van der Waals surface area contributed by atoms with Crippen LogP contribution < -0.4 is 4.74 Å². The predicted molar refractivity (Wildman–Crippen MR) is 104 cm³/mol. The zero-order valence-corrected chi connectivity index (χ0v) is 16.3. The van der Waals surface area contributed by atoms with Crippen molar-refractivity contribution in [1.29, 1.82) is 0 Å². The molecule has 1 fully saturated rings. The van der Waals surface area contributed by atoms with Gasteiger partial charge in [0.1, 0.15) is 5.75 Å². The number of hydrogen-bond acceptors (Lipinski definition) is 2. The van der Waals surface area contributed by atoms with Gasteiger partial charge in [-0.25, -0.2) is 0 Å². The molecule has 1 aromatic carbocycles. The van der Waals surface area contributed by atoms with E-state index in [1.807, 2.05) is 0 Å². The number of benzene rings is 1. The van der Waals surface area contributed by atoms with Crippen molar-refractivity contribution in [3.63, 3.8) is 0 Å². The Bertz CT molecular complexity index is 452. The average molecular weight is 332 g/mol. The molecule has 1 heterocycles. The van der Waals surface area contributed by atoms with E-state index < -0.39 is 0 Å². The predicted octanol–water partition coefficient (Wildman–Crippen LogP) is 5.56. The van der Waals surface area contributed by atoms with Gasteiger partial charge in [-0.3, -0.25) is 0 Å². The fourth-order valence-electron chi connectivity index (χ4n) is 3.50. The molecule has 2 rings (SSSR count). The number of likely N-dealkylation sites (tertiary alicyclic amines) is 1. The Balaban J connectivity index is 1.57. The second-order valence-electron chi connectivity index (χ2n) is 8.58. The lowest BCUT2D eigenvalue weighted by Crippen LogP contribution is -2.35. The summed E-state index contributed by atoms with van der Waals surface area (Å²) < 4.78 is 5.92. The summed E-state index contributed by atoms with van der Waals surface area (Å²) in [6.07, 6.45) is 7.64. The highest BCUT2D eigenvalue weighted by Crippen LogP contribution is 2.24. The minimum atomic E-state index is 0.477. The van der Waals surface area contributed by atoms with Gasteiger partial charge in [0.05, 0.1) is 6.61 Å². The normalized spacial score (nSPS) is 17.2. The molecule has 0 radical (unpaired) electrons. The molecule has 0 saturated carbocycles. The van der Waals surface area contributed by atoms with E-state index in [4.69, 9.17) is 4.74 Å². The summed E-state index contributed by atoms with van der Waals surface area (Å²) in [4.78, 5) is 2.66. The van der Waals surface area contributed by atoms with Crippen LogP contribution in [0.4, 0.5) is 0 Å². The third kappa shape index (κ3) is 7.25. The van der Waals surface area contributed by atoms with Gasteiger partial charge in [-0.2, -0.15) is 0 Å². The van der Waals surface area contributed by atoms with Crippen molar-refractivity contribution in [2.75, 3.05) is 26.2 Å². The van der Waals surface area contributed by atoms with Crippen molar-refractivity contribution in [3.05, 3.63) is 29.8 Å². The van der Waals surface area contributed by atoms with Gasteiger partial charge in [0, 0.05) is 0 Å². The molecule has 136 valence electrons. The third-order valence-corrected chi connectivity index (χ3v) is 5.23. The molecular formula is C22H37NO. The van der Waals surface area contributed by atoms with Crippen LogP contribution in [0.1, 0.15) is 65.4 Å². The van der Waals surface area contributed by atoms with Crippen LogP contribution in [0.2, 0.25) is 0 Å². The van der Waals surface area contributed by atoms with Crippen molar-refractivity contribution in [2.45, 2.75) is 66.2 Å². The number of aryl methyl sites for hydroxylation is 1. The molecule has 0 bridgehead atoms. The first-order valence-electron chi connectivity index (χ1n) is 9.90. The molecule has 2 heteroatoms. The maximum absolute atomic E-state index is 5.92. The van der Waals surface area contributed by atoms with Gasteiger partial charge in [0.15, 0.2) is 0 Å². The van der Waals surface area contributed by atoms with E-state index in [2.05, 4.69) is 56.9 Å². The third-order valence-electron chi connectivity index (χ3n) is 5.23. The zero-order valence-electron chi connectivity index (χ0n) is 16.3. The minimum absolute atomic E-state index is 0.477. The Kier molecular flexibility index (Phi) is 7.61. The van der Waals surface area contributed by atoms with E-state index in [0.717, 1.165) is 24.7 Å². The summed E-state index contributed by atoms with van der Waals surface area (Å²) in [7, 11) is 0. The van der Waals surface area contributed by atoms with E-state index in [-0.39, 0.29) is 0 Å². The Morgan fingerprint density at radius 2 is 1.75 bits per heavy atom. The number of piperidine rings is 1. The van der Waals surface area contributed by atoms with Crippen molar-refractivity contribution < 1.29 is 4.74 Å². The Hall–Kier alpha value is -1.02. The second kappa shape index (κ2) is 9.46. The average Bonchev–Trinajstić information content (AvgIpc) is 2.56. The number of hydrogen-bond donors (Lipinski definition) is 0. The summed E-state index contributed by atoms with van der Waals surface area (Å²) in [6, 6.07) is 8.56. The molecule has 0 amide bonds. The first kappa shape index (κ1) is 19.3. The molecule has 0 atom stereocenters. The summed E-state index contributed by atoms with van der Waals surface area (Å²) in [5, 5.41) is 0. The Labute approximate surface area is 149 Å². The van der Waals surface area contributed by atoms with E-state index in [1.165, 1.54) is 57.3 Å². The lowest BCUT2D eigenvalue weighted by Gasteiger charge is -2.32. The molecule has 2 nitrogen and oxygen atoms in total. The van der Waals surface area contributed by atoms with Crippen LogP contribution in [-0.2, 0) is 6.42 Å². The standard InChI is InChI=1S/C22H37NO/c1-5-19-7-9-21(10-8-19)24-18-13-20-11-16-23(17-12-20)15-6-14-22(2,3)4/h7-10,20H,5-6,11-18H2,1-4H3. The number of rotatable bonds is 8. The van der Waals surface area contributed by atoms with Gasteiger partial charge in [-0.1, -0.05) is 39.8 Å². The Morgan fingerprint density at radius 3 is 2.33 bits per heavy atom. The molecule has 0 N–H and O–H groups in total. The fraction of sp³-hybridized carbons (Fsp3) is 0.727. The van der Waals surface area contributed by atoms with Crippen LogP contribution in [-0.4, -0.2) is 31.1 Å². The Morgan fingerprint density at radius 1 is 1.08 bits per heavy atom. The van der Waals surface area contributed by atoms with Gasteiger partial charge in [0.25, 0.3) is 0 Å². The molecule has 0 unspecified atom stereocenters. The van der Waals surface area contributed by atoms with Crippen LogP contribution in [0.5, 0.6) is 5.75 Å². The number of nitrogens with zero attached hydrogens (tertiary/aromatic N) is 1. The van der Waals surface area contributed by atoms with Crippen LogP contribution in [0, 0.1) is 11.3 Å². The van der Waals surface area contributed by atoms with Crippen LogP contribution in [0.25, 0.3) is 0 Å². The van der Waals surface area contributed by atoms with E-state index >= 15 is 0 Å². The maximum atomic E-state index is 5.92. The topological polar surface area (TPSA) is 12.5 Å². The monoisotopic (exact) mass is 331 g/mol. The quantitative estimate of drug-likeness (QED) is 0.618. The molecule has 24 heavy (non-hydrogen) atoms. The summed E-state index contributed by atoms with van der Waals surface area (Å²) >= 11 is 0. The van der Waals surface area contributed by atoms with E-state index in [9.17, 15) is 0 Å². The van der Waals surface area contributed by atoms with Crippen LogP contribution in [0.15, 0.2) is 24.3 Å². The second-order valence-corrected chi connectivity index (χ2v) is 8.58. The van der Waals surface area contributed by atoms with Gasteiger partial charge in [0.2, 0.25) is 0 Å². The summed E-state index contributed by atoms with van der Waals surface area (Å²) in [5.41, 5.74) is 1.85. The van der Waals surface area contributed by atoms with Crippen LogP contribution >= 0.6 is 0 Å². The molecule has 0 aromatic heterocycles. The SMILES string of the molecule is CCc1ccc(OCCC2CCN(CCCC(C)(C)C)CC2)cc1. The number of ether oxygens (including phenoxy) is 1. The highest BCUT2D eigenvalue weighted by molar-refractivity contribution is 5.27. The van der Waals surface area contributed by atoms with Crippen molar-refractivity contribution in [2.24, 2.45) is 11.3 Å². The van der Waals surface area contributed by atoms with Crippen molar-refractivity contribution in [1.82, 2.24) is 4.90 Å². The van der Waals surface area contributed by atoms with E-state index in [1.54, 1.807) is 0 Å². The van der Waals surface area contributed by atoms with Gasteiger partial charge in [-0.05, 0) is 87.2 Å². The van der Waals surface area contributed by atoms with Crippen molar-refractivity contribution >= 4 is 0 Å². The molecule has 1 aromatic rings. The van der Waals surface area contributed by atoms with Crippen LogP contribution in [0.3, 0.4) is 0 Å². The lowest BCUT2D eigenvalue weighted by atomic mass is 9.90. The molecule has 1 saturated heterocycles. The van der Waals surface area contributed by atoms with Crippen molar-refractivity contribution in [3.8, 4) is 5.75 Å². The summed E-state index contributed by atoms with van der Waals surface area (Å²) in [6.45, 7) is 13.9. The van der Waals surface area contributed by atoms with E-state index in [0.29, 0.717) is 5.41 Å². The van der Waals surface area contributed by atoms with Gasteiger partial charge >= 0.3 is 0 Å².